The number of rotatable bonds is 7. The van der Waals surface area contributed by atoms with Gasteiger partial charge in [0.25, 0.3) is 5.91 Å². The lowest BCUT2D eigenvalue weighted by Crippen LogP contribution is -2.41. The van der Waals surface area contributed by atoms with Crippen LogP contribution in [0.1, 0.15) is 12.0 Å². The first-order valence-corrected chi connectivity index (χ1v) is 7.49. The topological polar surface area (TPSA) is 100 Å². The van der Waals surface area contributed by atoms with Gasteiger partial charge in [-0.25, -0.2) is 4.79 Å². The van der Waals surface area contributed by atoms with Crippen LogP contribution in [0.4, 0.5) is 4.79 Å². The lowest BCUT2D eigenvalue weighted by Gasteiger charge is -2.06. The molecule has 7 heteroatoms. The Kier molecular flexibility index (Phi) is 6.13. The Morgan fingerprint density at radius 1 is 1.25 bits per heavy atom. The van der Waals surface area contributed by atoms with Crippen LogP contribution < -0.4 is 10.6 Å². The molecule has 24 heavy (non-hydrogen) atoms. The summed E-state index contributed by atoms with van der Waals surface area (Å²) in [5, 5.41) is 5.48. The fraction of sp³-hybridized carbons (Fsp3) is 0.235. The lowest BCUT2D eigenvalue weighted by atomic mass is 10.1. The second-order valence-corrected chi connectivity index (χ2v) is 5.07. The molecule has 0 aliphatic carbocycles. The molecule has 2 aromatic rings. The highest BCUT2D eigenvalue weighted by atomic mass is 16.5. The summed E-state index contributed by atoms with van der Waals surface area (Å²) in [6.45, 7) is 3.18. The smallest absolute Gasteiger partial charge is 0.321 e. The summed E-state index contributed by atoms with van der Waals surface area (Å²) in [6.07, 6.45) is 3.99. The van der Waals surface area contributed by atoms with E-state index in [0.717, 1.165) is 16.5 Å². The van der Waals surface area contributed by atoms with Gasteiger partial charge in [0.1, 0.15) is 0 Å². The first-order chi connectivity index (χ1) is 11.6. The highest BCUT2D eigenvalue weighted by molar-refractivity contribution is 5.95. The first-order valence-electron chi connectivity index (χ1n) is 7.49. The maximum absolute atomic E-state index is 11.7. The summed E-state index contributed by atoms with van der Waals surface area (Å²) in [7, 11) is 0. The van der Waals surface area contributed by atoms with Crippen molar-refractivity contribution >= 4 is 28.8 Å². The number of urea groups is 1. The quantitative estimate of drug-likeness (QED) is 0.531. The van der Waals surface area contributed by atoms with Crippen molar-refractivity contribution in [3.05, 3.63) is 48.7 Å². The Morgan fingerprint density at radius 3 is 2.83 bits per heavy atom. The molecule has 7 nitrogen and oxygen atoms in total. The van der Waals surface area contributed by atoms with Gasteiger partial charge in [-0.2, -0.15) is 0 Å². The van der Waals surface area contributed by atoms with Crippen LogP contribution in [0.2, 0.25) is 0 Å². The molecule has 0 aliphatic rings. The predicted molar refractivity (Wildman–Crippen MR) is 89.3 cm³/mol. The number of carbonyl (C=O) groups excluding carboxylic acids is 3. The number of amides is 3. The number of aromatic amines is 1. The Morgan fingerprint density at radius 2 is 2.04 bits per heavy atom. The number of carbonyl (C=O) groups is 3. The molecule has 0 saturated heterocycles. The molecule has 2 rings (SSSR count). The monoisotopic (exact) mass is 329 g/mol. The SMILES string of the molecule is C=CCNC(=O)NC(=O)COC(=O)CCc1c[nH]c2ccccc12. The Hall–Kier alpha value is -3.09. The van der Waals surface area contributed by atoms with Crippen molar-refractivity contribution in [2.75, 3.05) is 13.2 Å². The van der Waals surface area contributed by atoms with Crippen molar-refractivity contribution in [3.8, 4) is 0 Å². The number of nitrogens with one attached hydrogen (secondary N) is 3. The Balaban J connectivity index is 1.72. The molecule has 0 fully saturated rings. The summed E-state index contributed by atoms with van der Waals surface area (Å²) >= 11 is 0. The van der Waals surface area contributed by atoms with Crippen molar-refractivity contribution in [1.82, 2.24) is 15.6 Å². The van der Waals surface area contributed by atoms with E-state index in [-0.39, 0.29) is 13.0 Å². The molecule has 0 spiro atoms. The molecular formula is C17H19N3O4. The van der Waals surface area contributed by atoms with E-state index < -0.39 is 24.5 Å². The second-order valence-electron chi connectivity index (χ2n) is 5.07. The minimum atomic E-state index is -0.683. The number of hydrogen-bond acceptors (Lipinski definition) is 4. The van der Waals surface area contributed by atoms with Gasteiger partial charge >= 0.3 is 12.0 Å². The summed E-state index contributed by atoms with van der Waals surface area (Å²) in [5.74, 6) is -1.18. The molecule has 1 aromatic heterocycles. The van der Waals surface area contributed by atoms with E-state index in [0.29, 0.717) is 6.42 Å². The third-order valence-electron chi connectivity index (χ3n) is 3.30. The lowest BCUT2D eigenvalue weighted by molar-refractivity contribution is -0.148. The maximum Gasteiger partial charge on any atom is 0.321 e. The molecule has 126 valence electrons. The Bertz CT molecular complexity index is 751. The zero-order chi connectivity index (χ0) is 17.4. The van der Waals surface area contributed by atoms with E-state index in [2.05, 4.69) is 16.9 Å². The molecule has 0 atom stereocenters. The fourth-order valence-corrected chi connectivity index (χ4v) is 2.17. The summed E-state index contributed by atoms with van der Waals surface area (Å²) in [4.78, 5) is 37.5. The standard InChI is InChI=1S/C17H19N3O4/c1-2-9-18-17(23)20-15(21)11-24-16(22)8-7-12-10-19-14-6-4-3-5-13(12)14/h2-6,10,19H,1,7-9,11H2,(H2,18,20,21,23). The number of ether oxygens (including phenoxy) is 1. The van der Waals surface area contributed by atoms with Crippen molar-refractivity contribution in [2.24, 2.45) is 0 Å². The van der Waals surface area contributed by atoms with Gasteiger partial charge in [-0.15, -0.1) is 6.58 Å². The number of aryl methyl sites for hydroxylation is 1. The van der Waals surface area contributed by atoms with E-state index >= 15 is 0 Å². The van der Waals surface area contributed by atoms with E-state index in [1.165, 1.54) is 6.08 Å². The van der Waals surface area contributed by atoms with E-state index in [1.54, 1.807) is 0 Å². The molecule has 0 radical (unpaired) electrons. The van der Waals surface area contributed by atoms with Crippen LogP contribution in [0, 0.1) is 0 Å². The van der Waals surface area contributed by atoms with Gasteiger partial charge in [0.2, 0.25) is 0 Å². The van der Waals surface area contributed by atoms with Crippen LogP contribution in [0.25, 0.3) is 10.9 Å². The third-order valence-corrected chi connectivity index (χ3v) is 3.30. The van der Waals surface area contributed by atoms with Crippen molar-refractivity contribution in [3.63, 3.8) is 0 Å². The van der Waals surface area contributed by atoms with Gasteiger partial charge in [-0.3, -0.25) is 14.9 Å². The predicted octanol–water partition coefficient (Wildman–Crippen LogP) is 1.66. The number of hydrogen-bond donors (Lipinski definition) is 3. The molecule has 0 bridgehead atoms. The number of para-hydroxylation sites is 1. The fourth-order valence-electron chi connectivity index (χ4n) is 2.17. The van der Waals surface area contributed by atoms with Gasteiger partial charge < -0.3 is 15.0 Å². The van der Waals surface area contributed by atoms with E-state index in [1.807, 2.05) is 35.8 Å². The van der Waals surface area contributed by atoms with E-state index in [9.17, 15) is 14.4 Å². The van der Waals surface area contributed by atoms with Crippen LogP contribution in [0.3, 0.4) is 0 Å². The molecule has 1 heterocycles. The van der Waals surface area contributed by atoms with Gasteiger partial charge in [0, 0.05) is 30.1 Å². The second kappa shape index (κ2) is 8.52. The van der Waals surface area contributed by atoms with Crippen LogP contribution in [-0.4, -0.2) is 36.0 Å². The zero-order valence-electron chi connectivity index (χ0n) is 13.1. The number of imide groups is 1. The molecule has 0 saturated carbocycles. The molecule has 0 aliphatic heterocycles. The highest BCUT2D eigenvalue weighted by Crippen LogP contribution is 2.18. The molecular weight excluding hydrogens is 310 g/mol. The molecule has 3 amide bonds. The van der Waals surface area contributed by atoms with Gasteiger partial charge in [0.05, 0.1) is 0 Å². The minimum Gasteiger partial charge on any atom is -0.456 e. The van der Waals surface area contributed by atoms with Gasteiger partial charge in [-0.1, -0.05) is 24.3 Å². The zero-order valence-corrected chi connectivity index (χ0v) is 13.1. The maximum atomic E-state index is 11.7. The number of fused-ring (bicyclic) bond motifs is 1. The average molecular weight is 329 g/mol. The highest BCUT2D eigenvalue weighted by Gasteiger charge is 2.11. The number of benzene rings is 1. The van der Waals surface area contributed by atoms with Crippen LogP contribution in [0.5, 0.6) is 0 Å². The summed E-state index contributed by atoms with van der Waals surface area (Å²) < 4.78 is 4.86. The van der Waals surface area contributed by atoms with Crippen LogP contribution >= 0.6 is 0 Å². The molecule has 3 N–H and O–H groups in total. The largest absolute Gasteiger partial charge is 0.456 e. The van der Waals surface area contributed by atoms with Crippen LogP contribution in [-0.2, 0) is 20.7 Å². The summed E-state index contributed by atoms with van der Waals surface area (Å²) in [5.41, 5.74) is 2.02. The van der Waals surface area contributed by atoms with Crippen molar-refractivity contribution < 1.29 is 19.1 Å². The minimum absolute atomic E-state index is 0.151. The number of aromatic nitrogens is 1. The summed E-state index contributed by atoms with van der Waals surface area (Å²) in [6, 6.07) is 7.14. The molecule has 1 aromatic carbocycles. The van der Waals surface area contributed by atoms with Gasteiger partial charge in [0.15, 0.2) is 6.61 Å². The van der Waals surface area contributed by atoms with Crippen molar-refractivity contribution in [2.45, 2.75) is 12.8 Å². The number of esters is 1. The average Bonchev–Trinajstić information content (AvgIpc) is 2.99. The van der Waals surface area contributed by atoms with Gasteiger partial charge in [-0.05, 0) is 18.1 Å². The van der Waals surface area contributed by atoms with Crippen molar-refractivity contribution in [1.29, 1.82) is 0 Å². The number of H-pyrrole nitrogens is 1. The van der Waals surface area contributed by atoms with E-state index in [4.69, 9.17) is 4.74 Å². The molecule has 0 unspecified atom stereocenters. The normalized spacial score (nSPS) is 10.2. The van der Waals surface area contributed by atoms with Crippen LogP contribution in [0.15, 0.2) is 43.1 Å². The third kappa shape index (κ3) is 4.98. The Labute approximate surface area is 139 Å². The first kappa shape index (κ1) is 17.3.